The molecule has 9 heteroatoms. The van der Waals surface area contributed by atoms with Gasteiger partial charge in [0.1, 0.15) is 11.0 Å². The number of hydrogen-bond donors (Lipinski definition) is 1. The second-order valence-electron chi connectivity index (χ2n) is 5.90. The quantitative estimate of drug-likeness (QED) is 0.504. The molecule has 0 atom stereocenters. The molecule has 27 heavy (non-hydrogen) atoms. The molecule has 3 aromatic rings. The summed E-state index contributed by atoms with van der Waals surface area (Å²) in [5, 5.41) is 11.5. The van der Waals surface area contributed by atoms with Crippen molar-refractivity contribution < 1.29 is 9.18 Å². The molecule has 0 spiro atoms. The fourth-order valence-corrected chi connectivity index (χ4v) is 3.34. The zero-order chi connectivity index (χ0) is 19.4. The van der Waals surface area contributed by atoms with Crippen molar-refractivity contribution in [2.45, 2.75) is 26.8 Å². The van der Waals surface area contributed by atoms with Crippen LogP contribution in [-0.4, -0.2) is 26.9 Å². The Morgan fingerprint density at radius 1 is 1.37 bits per heavy atom. The second-order valence-corrected chi connectivity index (χ2v) is 7.32. The van der Waals surface area contributed by atoms with Gasteiger partial charge in [0, 0.05) is 5.38 Å². The van der Waals surface area contributed by atoms with E-state index in [-0.39, 0.29) is 18.1 Å². The largest absolute Gasteiger partial charge is 0.273 e. The molecule has 6 nitrogen and oxygen atoms in total. The number of benzene rings is 1. The minimum absolute atomic E-state index is 0.165. The Balaban J connectivity index is 1.64. The SMILES string of the molecule is Cc1nc(CC(=O)NN=Cc2c(C)nn(Cc3ccc(F)cc3)c2Cl)cs1. The molecule has 3 rings (SSSR count). The van der Waals surface area contributed by atoms with Crippen LogP contribution in [-0.2, 0) is 17.8 Å². The van der Waals surface area contributed by atoms with Gasteiger partial charge in [-0.15, -0.1) is 11.3 Å². The Morgan fingerprint density at radius 2 is 2.11 bits per heavy atom. The number of amides is 1. The lowest BCUT2D eigenvalue weighted by Gasteiger charge is -2.03. The molecule has 1 aromatic carbocycles. The van der Waals surface area contributed by atoms with E-state index in [2.05, 4.69) is 20.6 Å². The Bertz CT molecular complexity index is 980. The average Bonchev–Trinajstić information content (AvgIpc) is 3.14. The fraction of sp³-hybridized carbons (Fsp3) is 0.222. The van der Waals surface area contributed by atoms with E-state index in [9.17, 15) is 9.18 Å². The third kappa shape index (κ3) is 4.99. The maximum Gasteiger partial charge on any atom is 0.246 e. The summed E-state index contributed by atoms with van der Waals surface area (Å²) in [7, 11) is 0. The molecule has 1 amide bonds. The Hall–Kier alpha value is -2.58. The molecule has 0 bridgehead atoms. The minimum atomic E-state index is -0.294. The van der Waals surface area contributed by atoms with Crippen LogP contribution in [0, 0.1) is 19.7 Å². The second kappa shape index (κ2) is 8.41. The molecule has 1 N–H and O–H groups in total. The van der Waals surface area contributed by atoms with Crippen LogP contribution in [0.25, 0.3) is 0 Å². The van der Waals surface area contributed by atoms with E-state index in [0.29, 0.717) is 28.6 Å². The minimum Gasteiger partial charge on any atom is -0.273 e. The standard InChI is InChI=1S/C18H17ClFN5OS/c1-11-16(8-21-23-17(26)7-15-10-27-12(2)22-15)18(19)25(24-11)9-13-3-5-14(20)6-4-13/h3-6,8,10H,7,9H2,1-2H3,(H,23,26). The molecule has 2 aromatic heterocycles. The maximum absolute atomic E-state index is 13.0. The van der Waals surface area contributed by atoms with E-state index in [1.165, 1.54) is 29.7 Å². The van der Waals surface area contributed by atoms with Crippen molar-refractivity contribution in [3.05, 3.63) is 68.1 Å². The van der Waals surface area contributed by atoms with Gasteiger partial charge in [-0.2, -0.15) is 10.2 Å². The number of nitrogens with one attached hydrogen (secondary N) is 1. The molecule has 0 aliphatic carbocycles. The summed E-state index contributed by atoms with van der Waals surface area (Å²) in [6.07, 6.45) is 1.63. The maximum atomic E-state index is 13.0. The Morgan fingerprint density at radius 3 is 2.78 bits per heavy atom. The number of hydrogen-bond acceptors (Lipinski definition) is 5. The summed E-state index contributed by atoms with van der Waals surface area (Å²) in [4.78, 5) is 16.2. The van der Waals surface area contributed by atoms with Crippen molar-refractivity contribution in [2.24, 2.45) is 5.10 Å². The number of carbonyl (C=O) groups excluding carboxylic acids is 1. The van der Waals surface area contributed by atoms with Gasteiger partial charge < -0.3 is 0 Å². The molecule has 140 valence electrons. The van der Waals surface area contributed by atoms with Crippen molar-refractivity contribution in [2.75, 3.05) is 0 Å². The van der Waals surface area contributed by atoms with Crippen LogP contribution in [0.15, 0.2) is 34.7 Å². The topological polar surface area (TPSA) is 72.2 Å². The monoisotopic (exact) mass is 405 g/mol. The van der Waals surface area contributed by atoms with Crippen molar-refractivity contribution in [3.8, 4) is 0 Å². The van der Waals surface area contributed by atoms with Gasteiger partial charge in [0.15, 0.2) is 0 Å². The predicted octanol–water partition coefficient (Wildman–Crippen LogP) is 3.49. The van der Waals surface area contributed by atoms with Crippen molar-refractivity contribution in [1.82, 2.24) is 20.2 Å². The van der Waals surface area contributed by atoms with Crippen LogP contribution in [0.3, 0.4) is 0 Å². The molecule has 2 heterocycles. The summed E-state index contributed by atoms with van der Waals surface area (Å²) < 4.78 is 14.6. The highest BCUT2D eigenvalue weighted by Gasteiger charge is 2.12. The van der Waals surface area contributed by atoms with E-state index >= 15 is 0 Å². The van der Waals surface area contributed by atoms with Crippen LogP contribution in [0.1, 0.15) is 27.5 Å². The lowest BCUT2D eigenvalue weighted by atomic mass is 10.2. The van der Waals surface area contributed by atoms with Crippen molar-refractivity contribution in [1.29, 1.82) is 0 Å². The van der Waals surface area contributed by atoms with Crippen molar-refractivity contribution >= 4 is 35.1 Å². The van der Waals surface area contributed by atoms with E-state index < -0.39 is 0 Å². The highest BCUT2D eigenvalue weighted by atomic mass is 35.5. The first-order valence-corrected chi connectivity index (χ1v) is 9.38. The zero-order valence-corrected chi connectivity index (χ0v) is 16.3. The van der Waals surface area contributed by atoms with Gasteiger partial charge in [0.25, 0.3) is 0 Å². The zero-order valence-electron chi connectivity index (χ0n) is 14.7. The summed E-state index contributed by atoms with van der Waals surface area (Å²) in [5.41, 5.74) is 5.34. The number of rotatable bonds is 6. The highest BCUT2D eigenvalue weighted by molar-refractivity contribution is 7.09. The molecule has 0 fully saturated rings. The summed E-state index contributed by atoms with van der Waals surface area (Å²) in [6, 6.07) is 6.14. The predicted molar refractivity (Wildman–Crippen MR) is 104 cm³/mol. The first-order chi connectivity index (χ1) is 12.9. The smallest absolute Gasteiger partial charge is 0.246 e. The molecule has 0 saturated carbocycles. The van der Waals surface area contributed by atoms with Crippen LogP contribution in [0.5, 0.6) is 0 Å². The summed E-state index contributed by atoms with van der Waals surface area (Å²) in [6.45, 7) is 4.09. The summed E-state index contributed by atoms with van der Waals surface area (Å²) >= 11 is 7.87. The molecule has 0 radical (unpaired) electrons. The first-order valence-electron chi connectivity index (χ1n) is 8.12. The van der Waals surface area contributed by atoms with Crippen LogP contribution in [0.4, 0.5) is 4.39 Å². The Labute approximate surface area is 164 Å². The number of thiazole rings is 1. The van der Waals surface area contributed by atoms with Gasteiger partial charge in [-0.25, -0.2) is 19.5 Å². The highest BCUT2D eigenvalue weighted by Crippen LogP contribution is 2.19. The molecular weight excluding hydrogens is 389 g/mol. The van der Waals surface area contributed by atoms with E-state index in [4.69, 9.17) is 11.6 Å². The molecule has 0 aliphatic heterocycles. The Kier molecular flexibility index (Phi) is 5.98. The van der Waals surface area contributed by atoms with Gasteiger partial charge in [0.05, 0.1) is 41.1 Å². The third-order valence-electron chi connectivity index (χ3n) is 3.75. The normalized spacial score (nSPS) is 11.3. The lowest BCUT2D eigenvalue weighted by molar-refractivity contribution is -0.120. The molecule has 0 unspecified atom stereocenters. The average molecular weight is 406 g/mol. The first kappa shape index (κ1) is 19.2. The number of halogens is 2. The van der Waals surface area contributed by atoms with E-state index in [1.54, 1.807) is 23.7 Å². The van der Waals surface area contributed by atoms with Gasteiger partial charge >= 0.3 is 0 Å². The number of carbonyl (C=O) groups is 1. The van der Waals surface area contributed by atoms with Gasteiger partial charge in [0.2, 0.25) is 5.91 Å². The number of nitrogens with zero attached hydrogens (tertiary/aromatic N) is 4. The van der Waals surface area contributed by atoms with Crippen LogP contribution in [0.2, 0.25) is 5.15 Å². The summed E-state index contributed by atoms with van der Waals surface area (Å²) in [5.74, 6) is -0.554. The van der Waals surface area contributed by atoms with Gasteiger partial charge in [-0.05, 0) is 31.5 Å². The van der Waals surface area contributed by atoms with Crippen LogP contribution < -0.4 is 5.43 Å². The van der Waals surface area contributed by atoms with Crippen molar-refractivity contribution in [3.63, 3.8) is 0 Å². The van der Waals surface area contributed by atoms with Gasteiger partial charge in [-0.3, -0.25) is 4.79 Å². The number of aromatic nitrogens is 3. The number of aryl methyl sites for hydroxylation is 2. The molecule has 0 saturated heterocycles. The molecule has 0 aliphatic rings. The van der Waals surface area contributed by atoms with Gasteiger partial charge in [-0.1, -0.05) is 23.7 Å². The lowest BCUT2D eigenvalue weighted by Crippen LogP contribution is -2.20. The van der Waals surface area contributed by atoms with Crippen LogP contribution >= 0.6 is 22.9 Å². The van der Waals surface area contributed by atoms with E-state index in [1.807, 2.05) is 12.3 Å². The third-order valence-corrected chi connectivity index (χ3v) is 4.97. The molecular formula is C18H17ClFN5OS. The fourth-order valence-electron chi connectivity index (χ4n) is 2.44. The van der Waals surface area contributed by atoms with E-state index in [0.717, 1.165) is 10.6 Å². The number of hydrazone groups is 1.